The molecule has 0 saturated carbocycles. The zero-order valence-corrected chi connectivity index (χ0v) is 16.0. The van der Waals surface area contributed by atoms with Crippen LogP contribution in [0.5, 0.6) is 0 Å². The first-order valence-electron chi connectivity index (χ1n) is 9.14. The largest absolute Gasteiger partial charge is 0.418 e. The van der Waals surface area contributed by atoms with Crippen molar-refractivity contribution >= 4 is 5.91 Å². The number of aromatic nitrogens is 2. The van der Waals surface area contributed by atoms with Gasteiger partial charge < -0.3 is 4.90 Å². The van der Waals surface area contributed by atoms with Gasteiger partial charge in [0.25, 0.3) is 5.91 Å². The summed E-state index contributed by atoms with van der Waals surface area (Å²) in [7, 11) is 0. The number of para-hydroxylation sites is 1. The molecule has 1 amide bonds. The van der Waals surface area contributed by atoms with E-state index in [0.717, 1.165) is 23.2 Å². The molecule has 3 rings (SSSR count). The van der Waals surface area contributed by atoms with Crippen LogP contribution in [-0.2, 0) is 6.18 Å². The number of nitrogens with zero attached hydrogens (tertiary/aromatic N) is 3. The minimum Gasteiger partial charge on any atom is -0.337 e. The van der Waals surface area contributed by atoms with Crippen molar-refractivity contribution in [2.24, 2.45) is 11.8 Å². The normalized spacial score (nSPS) is 20.3. The third kappa shape index (κ3) is 3.95. The van der Waals surface area contributed by atoms with Gasteiger partial charge in [0.1, 0.15) is 0 Å². The molecule has 150 valence electrons. The predicted octanol–water partition coefficient (Wildman–Crippen LogP) is 3.68. The highest BCUT2D eigenvalue weighted by Gasteiger charge is 2.35. The Hall–Kier alpha value is -2.64. The van der Waals surface area contributed by atoms with E-state index in [-0.39, 0.29) is 28.9 Å². The first kappa shape index (κ1) is 20.1. The monoisotopic (exact) mass is 393 g/mol. The van der Waals surface area contributed by atoms with Gasteiger partial charge in [-0.2, -0.15) is 18.3 Å². The lowest BCUT2D eigenvalue weighted by Crippen LogP contribution is -2.44. The first-order chi connectivity index (χ1) is 13.1. The molecule has 0 bridgehead atoms. The molecular weight excluding hydrogens is 371 g/mol. The second kappa shape index (κ2) is 7.41. The fourth-order valence-corrected chi connectivity index (χ4v) is 3.82. The highest BCUT2D eigenvalue weighted by molar-refractivity contribution is 5.92. The Morgan fingerprint density at radius 3 is 2.36 bits per heavy atom. The van der Waals surface area contributed by atoms with Gasteiger partial charge in [-0.1, -0.05) is 26.0 Å². The maximum absolute atomic E-state index is 13.4. The summed E-state index contributed by atoms with van der Waals surface area (Å²) >= 11 is 0. The van der Waals surface area contributed by atoms with Crippen LogP contribution in [0.1, 0.15) is 42.0 Å². The summed E-state index contributed by atoms with van der Waals surface area (Å²) in [5, 5.41) is 4.05. The van der Waals surface area contributed by atoms with Crippen molar-refractivity contribution in [1.29, 1.82) is 0 Å². The highest BCUT2D eigenvalue weighted by Crippen LogP contribution is 2.33. The van der Waals surface area contributed by atoms with E-state index in [2.05, 4.69) is 5.10 Å². The number of amides is 1. The maximum Gasteiger partial charge on any atom is 0.418 e. The number of carbonyl (C=O) groups excluding carboxylic acids is 1. The third-order valence-corrected chi connectivity index (χ3v) is 4.90. The molecule has 2 unspecified atom stereocenters. The van der Waals surface area contributed by atoms with Crippen molar-refractivity contribution in [3.8, 4) is 5.69 Å². The summed E-state index contributed by atoms with van der Waals surface area (Å²) in [6, 6.07) is 6.12. The molecule has 0 N–H and O–H groups in total. The molecule has 28 heavy (non-hydrogen) atoms. The van der Waals surface area contributed by atoms with Gasteiger partial charge in [0, 0.05) is 24.8 Å². The molecule has 1 aliphatic rings. The molecule has 1 aromatic carbocycles. The minimum atomic E-state index is -4.59. The number of aryl methyl sites for hydroxylation is 1. The van der Waals surface area contributed by atoms with Crippen LogP contribution >= 0.6 is 0 Å². The topological polar surface area (TPSA) is 55.2 Å². The van der Waals surface area contributed by atoms with Crippen molar-refractivity contribution in [3.63, 3.8) is 0 Å². The summed E-state index contributed by atoms with van der Waals surface area (Å²) in [5.74, 6) is 0.0271. The molecule has 1 aliphatic heterocycles. The SMILES string of the molecule is Cc1cc(=O)c(C(=O)N2CC(C)CC(C)C2)nn1-c1ccccc1C(F)(F)F. The van der Waals surface area contributed by atoms with Crippen molar-refractivity contribution < 1.29 is 18.0 Å². The number of hydrogen-bond donors (Lipinski definition) is 0. The van der Waals surface area contributed by atoms with Crippen LogP contribution in [0.15, 0.2) is 35.1 Å². The molecule has 8 heteroatoms. The number of piperidine rings is 1. The fraction of sp³-hybridized carbons (Fsp3) is 0.450. The molecular formula is C20H22F3N3O2. The lowest BCUT2D eigenvalue weighted by Gasteiger charge is -2.34. The standard InChI is InChI=1S/C20H22F3N3O2/c1-12-8-13(2)11-25(10-12)19(28)18-17(27)9-14(3)26(24-18)16-7-5-4-6-15(16)20(21,22)23/h4-7,9,12-13H,8,10-11H2,1-3H3. The fourth-order valence-electron chi connectivity index (χ4n) is 3.82. The van der Waals surface area contributed by atoms with E-state index in [9.17, 15) is 22.8 Å². The molecule has 0 spiro atoms. The second-order valence-corrected chi connectivity index (χ2v) is 7.58. The Labute approximate surface area is 160 Å². The van der Waals surface area contributed by atoms with Crippen LogP contribution in [0.2, 0.25) is 0 Å². The lowest BCUT2D eigenvalue weighted by molar-refractivity contribution is -0.137. The van der Waals surface area contributed by atoms with Gasteiger partial charge >= 0.3 is 6.18 Å². The van der Waals surface area contributed by atoms with Crippen molar-refractivity contribution in [1.82, 2.24) is 14.7 Å². The van der Waals surface area contributed by atoms with Gasteiger partial charge in [-0.25, -0.2) is 4.68 Å². The predicted molar refractivity (Wildman–Crippen MR) is 98.4 cm³/mol. The second-order valence-electron chi connectivity index (χ2n) is 7.58. The summed E-state index contributed by atoms with van der Waals surface area (Å²) in [4.78, 5) is 26.9. The summed E-state index contributed by atoms with van der Waals surface area (Å²) in [5.41, 5.74) is -1.83. The number of likely N-dealkylation sites (tertiary alicyclic amines) is 1. The molecule has 2 aromatic rings. The number of halogens is 3. The molecule has 0 aliphatic carbocycles. The van der Waals surface area contributed by atoms with Crippen LogP contribution in [0.4, 0.5) is 13.2 Å². The zero-order valence-electron chi connectivity index (χ0n) is 16.0. The molecule has 2 heterocycles. The number of rotatable bonds is 2. The number of alkyl halides is 3. The van der Waals surface area contributed by atoms with E-state index in [1.165, 1.54) is 25.1 Å². The van der Waals surface area contributed by atoms with Gasteiger partial charge in [-0.3, -0.25) is 9.59 Å². The number of carbonyl (C=O) groups is 1. The first-order valence-corrected chi connectivity index (χ1v) is 9.14. The average Bonchev–Trinajstić information content (AvgIpc) is 2.60. The van der Waals surface area contributed by atoms with E-state index < -0.39 is 23.1 Å². The highest BCUT2D eigenvalue weighted by atomic mass is 19.4. The van der Waals surface area contributed by atoms with Crippen LogP contribution in [-0.4, -0.2) is 33.7 Å². The Morgan fingerprint density at radius 2 is 1.75 bits per heavy atom. The van der Waals surface area contributed by atoms with Crippen molar-refractivity contribution in [2.45, 2.75) is 33.4 Å². The van der Waals surface area contributed by atoms with Crippen molar-refractivity contribution in [3.05, 3.63) is 57.5 Å². The van der Waals surface area contributed by atoms with Crippen LogP contribution in [0.25, 0.3) is 5.69 Å². The Kier molecular flexibility index (Phi) is 5.32. The van der Waals surface area contributed by atoms with Crippen molar-refractivity contribution in [2.75, 3.05) is 13.1 Å². The van der Waals surface area contributed by atoms with Gasteiger partial charge in [-0.05, 0) is 37.3 Å². The van der Waals surface area contributed by atoms with Gasteiger partial charge in [0.15, 0.2) is 5.69 Å². The summed E-state index contributed by atoms with van der Waals surface area (Å²) < 4.78 is 41.2. The van der Waals surface area contributed by atoms with E-state index in [0.29, 0.717) is 13.1 Å². The summed E-state index contributed by atoms with van der Waals surface area (Å²) in [6.07, 6.45) is -3.61. The van der Waals surface area contributed by atoms with Gasteiger partial charge in [-0.15, -0.1) is 0 Å². The maximum atomic E-state index is 13.4. The van der Waals surface area contributed by atoms with Gasteiger partial charge in [0.2, 0.25) is 5.43 Å². The molecule has 0 radical (unpaired) electrons. The lowest BCUT2D eigenvalue weighted by atomic mass is 9.92. The van der Waals surface area contributed by atoms with E-state index in [1.807, 2.05) is 13.8 Å². The molecule has 1 saturated heterocycles. The molecule has 2 atom stereocenters. The molecule has 1 fully saturated rings. The average molecular weight is 393 g/mol. The number of hydrogen-bond acceptors (Lipinski definition) is 3. The summed E-state index contributed by atoms with van der Waals surface area (Å²) in [6.45, 7) is 6.53. The zero-order chi connectivity index (χ0) is 20.6. The minimum absolute atomic E-state index is 0.220. The Bertz CT molecular complexity index is 942. The van der Waals surface area contributed by atoms with E-state index >= 15 is 0 Å². The van der Waals surface area contributed by atoms with E-state index in [1.54, 1.807) is 4.90 Å². The van der Waals surface area contributed by atoms with Crippen LogP contribution in [0.3, 0.4) is 0 Å². The Balaban J connectivity index is 2.08. The quantitative estimate of drug-likeness (QED) is 0.782. The van der Waals surface area contributed by atoms with E-state index in [4.69, 9.17) is 0 Å². The van der Waals surface area contributed by atoms with Crippen LogP contribution < -0.4 is 5.43 Å². The Morgan fingerprint density at radius 1 is 1.14 bits per heavy atom. The van der Waals surface area contributed by atoms with Gasteiger partial charge in [0.05, 0.1) is 11.3 Å². The van der Waals surface area contributed by atoms with Crippen LogP contribution in [0, 0.1) is 18.8 Å². The third-order valence-electron chi connectivity index (χ3n) is 4.90. The smallest absolute Gasteiger partial charge is 0.337 e. The molecule has 1 aromatic heterocycles. The number of benzene rings is 1. The molecule has 5 nitrogen and oxygen atoms in total.